The minimum atomic E-state index is -4.38. The first kappa shape index (κ1) is 18.0. The molecule has 2 amide bonds. The Morgan fingerprint density at radius 1 is 1.13 bits per heavy atom. The molecular weight excluding hydrogens is 311 g/mol. The maximum absolute atomic E-state index is 13.0. The Kier molecular flexibility index (Phi) is 5.89. The first-order chi connectivity index (χ1) is 10.8. The number of piperidine rings is 1. The monoisotopic (exact) mass is 335 g/mol. The highest BCUT2D eigenvalue weighted by Gasteiger charge is 2.51. The summed E-state index contributed by atoms with van der Waals surface area (Å²) in [5.41, 5.74) is 0. The van der Waals surface area contributed by atoms with Crippen LogP contribution in [0.3, 0.4) is 0 Å². The number of amides is 2. The maximum atomic E-state index is 13.0. The van der Waals surface area contributed by atoms with Gasteiger partial charge in [-0.25, -0.2) is 0 Å². The van der Waals surface area contributed by atoms with Gasteiger partial charge in [-0.1, -0.05) is 0 Å². The third-order valence-corrected chi connectivity index (χ3v) is 4.61. The van der Waals surface area contributed by atoms with Crippen LogP contribution < -0.4 is 5.32 Å². The van der Waals surface area contributed by atoms with Crippen molar-refractivity contribution >= 4 is 11.8 Å². The van der Waals surface area contributed by atoms with Crippen molar-refractivity contribution < 1.29 is 22.8 Å². The zero-order chi connectivity index (χ0) is 17.0. The number of nitrogens with one attached hydrogen (secondary N) is 1. The van der Waals surface area contributed by atoms with Gasteiger partial charge in [0.25, 0.3) is 0 Å². The number of nitrogens with zero attached hydrogens (tertiary/aromatic N) is 2. The number of alkyl halides is 3. The molecule has 2 unspecified atom stereocenters. The van der Waals surface area contributed by atoms with Gasteiger partial charge < -0.3 is 15.1 Å². The molecule has 0 radical (unpaired) electrons. The molecule has 2 heterocycles. The Labute approximate surface area is 134 Å². The van der Waals surface area contributed by atoms with Crippen LogP contribution in [0.25, 0.3) is 0 Å². The van der Waals surface area contributed by atoms with Crippen LogP contribution in [0.5, 0.6) is 0 Å². The molecule has 0 aromatic carbocycles. The molecule has 2 aliphatic rings. The molecule has 2 aliphatic heterocycles. The lowest BCUT2D eigenvalue weighted by molar-refractivity contribution is -0.183. The summed E-state index contributed by atoms with van der Waals surface area (Å²) >= 11 is 0. The molecule has 8 heteroatoms. The van der Waals surface area contributed by atoms with E-state index in [1.54, 1.807) is 11.9 Å². The molecule has 5 nitrogen and oxygen atoms in total. The highest BCUT2D eigenvalue weighted by atomic mass is 19.4. The zero-order valence-electron chi connectivity index (χ0n) is 13.4. The van der Waals surface area contributed by atoms with Crippen LogP contribution in [0, 0.1) is 11.8 Å². The van der Waals surface area contributed by atoms with E-state index in [9.17, 15) is 22.8 Å². The fraction of sp³-hybridized carbons (Fsp3) is 0.867. The summed E-state index contributed by atoms with van der Waals surface area (Å²) in [4.78, 5) is 27.3. The number of rotatable bonds is 4. The van der Waals surface area contributed by atoms with E-state index in [1.165, 1.54) is 4.90 Å². The van der Waals surface area contributed by atoms with Crippen LogP contribution in [-0.4, -0.2) is 67.6 Å². The van der Waals surface area contributed by atoms with Crippen LogP contribution in [0.4, 0.5) is 13.2 Å². The van der Waals surface area contributed by atoms with Crippen LogP contribution in [0.2, 0.25) is 0 Å². The molecule has 0 aliphatic carbocycles. The van der Waals surface area contributed by atoms with E-state index in [4.69, 9.17) is 0 Å². The van der Waals surface area contributed by atoms with Crippen molar-refractivity contribution in [2.75, 3.05) is 39.8 Å². The number of carbonyl (C=O) groups excluding carboxylic acids is 2. The minimum Gasteiger partial charge on any atom is -0.355 e. The Hall–Kier alpha value is -1.31. The third-order valence-electron chi connectivity index (χ3n) is 4.61. The van der Waals surface area contributed by atoms with Crippen molar-refractivity contribution in [2.45, 2.75) is 31.9 Å². The summed E-state index contributed by atoms with van der Waals surface area (Å²) in [5.74, 6) is -3.38. The zero-order valence-corrected chi connectivity index (χ0v) is 13.4. The normalized spacial score (nSPS) is 26.3. The average Bonchev–Trinajstić information content (AvgIpc) is 2.90. The highest BCUT2D eigenvalue weighted by Crippen LogP contribution is 2.37. The van der Waals surface area contributed by atoms with Crippen LogP contribution in [-0.2, 0) is 9.59 Å². The van der Waals surface area contributed by atoms with E-state index in [0.29, 0.717) is 0 Å². The topological polar surface area (TPSA) is 52.7 Å². The number of hydrogen-bond acceptors (Lipinski definition) is 3. The molecule has 0 spiro atoms. The molecule has 23 heavy (non-hydrogen) atoms. The van der Waals surface area contributed by atoms with Crippen molar-refractivity contribution in [1.82, 2.24) is 15.1 Å². The van der Waals surface area contributed by atoms with Gasteiger partial charge in [-0.15, -0.1) is 0 Å². The van der Waals surface area contributed by atoms with Crippen LogP contribution in [0.15, 0.2) is 0 Å². The molecule has 2 atom stereocenters. The fourth-order valence-corrected chi connectivity index (χ4v) is 3.32. The van der Waals surface area contributed by atoms with Crippen molar-refractivity contribution in [1.29, 1.82) is 0 Å². The second-order valence-electron chi connectivity index (χ2n) is 6.46. The van der Waals surface area contributed by atoms with Gasteiger partial charge in [0.2, 0.25) is 11.8 Å². The van der Waals surface area contributed by atoms with Gasteiger partial charge in [0, 0.05) is 39.1 Å². The van der Waals surface area contributed by atoms with Crippen LogP contribution >= 0.6 is 0 Å². The van der Waals surface area contributed by atoms with E-state index >= 15 is 0 Å². The summed E-state index contributed by atoms with van der Waals surface area (Å²) in [6, 6.07) is 0. The Morgan fingerprint density at radius 2 is 1.78 bits per heavy atom. The van der Waals surface area contributed by atoms with E-state index in [2.05, 4.69) is 5.32 Å². The predicted octanol–water partition coefficient (Wildman–Crippen LogP) is 1.25. The van der Waals surface area contributed by atoms with Gasteiger partial charge in [-0.3, -0.25) is 9.59 Å². The molecule has 2 rings (SSSR count). The lowest BCUT2D eigenvalue weighted by atomic mass is 9.94. The SMILES string of the molecule is CN1CC(C(=O)NCCC(=O)N2CCCCC2)C(C(F)(F)F)C1. The second kappa shape index (κ2) is 7.51. The van der Waals surface area contributed by atoms with Crippen LogP contribution in [0.1, 0.15) is 25.7 Å². The summed E-state index contributed by atoms with van der Waals surface area (Å²) in [6.45, 7) is 1.50. The molecule has 0 aromatic rings. The molecule has 0 saturated carbocycles. The third kappa shape index (κ3) is 4.83. The molecule has 0 aromatic heterocycles. The van der Waals surface area contributed by atoms with E-state index < -0.39 is 23.9 Å². The van der Waals surface area contributed by atoms with E-state index in [0.717, 1.165) is 32.4 Å². The lowest BCUT2D eigenvalue weighted by Gasteiger charge is -2.27. The molecular formula is C15H24F3N3O2. The molecule has 2 fully saturated rings. The minimum absolute atomic E-state index is 0.0408. The Morgan fingerprint density at radius 3 is 2.39 bits per heavy atom. The second-order valence-corrected chi connectivity index (χ2v) is 6.46. The molecule has 1 N–H and O–H groups in total. The smallest absolute Gasteiger partial charge is 0.355 e. The molecule has 0 bridgehead atoms. The summed E-state index contributed by atoms with van der Waals surface area (Å²) < 4.78 is 38.9. The standard InChI is InChI=1S/C15H24F3N3O2/c1-20-9-11(12(10-20)15(16,17)18)14(23)19-6-5-13(22)21-7-3-2-4-8-21/h11-12H,2-10H2,1H3,(H,19,23). The first-order valence-electron chi connectivity index (χ1n) is 8.10. The Bertz CT molecular complexity index is 436. The number of hydrogen-bond donors (Lipinski definition) is 1. The van der Waals surface area contributed by atoms with Crippen molar-refractivity contribution in [3.8, 4) is 0 Å². The lowest BCUT2D eigenvalue weighted by Crippen LogP contribution is -2.42. The molecule has 2 saturated heterocycles. The van der Waals surface area contributed by atoms with Gasteiger partial charge in [0.05, 0.1) is 11.8 Å². The number of carbonyl (C=O) groups is 2. The molecule has 132 valence electrons. The van der Waals surface area contributed by atoms with Crippen molar-refractivity contribution in [3.63, 3.8) is 0 Å². The Balaban J connectivity index is 1.78. The fourth-order valence-electron chi connectivity index (χ4n) is 3.32. The quantitative estimate of drug-likeness (QED) is 0.841. The predicted molar refractivity (Wildman–Crippen MR) is 78.6 cm³/mol. The highest BCUT2D eigenvalue weighted by molar-refractivity contribution is 5.81. The average molecular weight is 335 g/mol. The van der Waals surface area contributed by atoms with Gasteiger partial charge in [0.1, 0.15) is 0 Å². The summed E-state index contributed by atoms with van der Waals surface area (Å²) in [5, 5.41) is 2.50. The number of likely N-dealkylation sites (tertiary alicyclic amines) is 2. The van der Waals surface area contributed by atoms with E-state index in [1.807, 2.05) is 0 Å². The first-order valence-corrected chi connectivity index (χ1v) is 8.10. The largest absolute Gasteiger partial charge is 0.393 e. The van der Waals surface area contributed by atoms with Gasteiger partial charge in [-0.2, -0.15) is 13.2 Å². The van der Waals surface area contributed by atoms with Crippen molar-refractivity contribution in [3.05, 3.63) is 0 Å². The van der Waals surface area contributed by atoms with E-state index in [-0.39, 0.29) is 32.0 Å². The van der Waals surface area contributed by atoms with Gasteiger partial charge in [-0.05, 0) is 26.3 Å². The summed E-state index contributed by atoms with van der Waals surface area (Å²) in [7, 11) is 1.58. The van der Waals surface area contributed by atoms with Crippen molar-refractivity contribution in [2.24, 2.45) is 11.8 Å². The summed E-state index contributed by atoms with van der Waals surface area (Å²) in [6.07, 6.45) is -1.14. The van der Waals surface area contributed by atoms with Gasteiger partial charge >= 0.3 is 6.18 Å². The maximum Gasteiger partial charge on any atom is 0.393 e. The van der Waals surface area contributed by atoms with Gasteiger partial charge in [0.15, 0.2) is 0 Å². The number of halogens is 3.